The number of rotatable bonds is 1. The minimum atomic E-state index is 0.637. The zero-order valence-corrected chi connectivity index (χ0v) is 5.38. The van der Waals surface area contributed by atoms with Crippen molar-refractivity contribution in [2.24, 2.45) is 0 Å². The maximum absolute atomic E-state index is 6.91. The molecule has 0 saturated carbocycles. The molecule has 0 saturated heterocycles. The fourth-order valence-electron chi connectivity index (χ4n) is 0.170. The van der Waals surface area contributed by atoms with Gasteiger partial charge in [0.1, 0.15) is 0 Å². The molecule has 0 radical (unpaired) electrons. The Morgan fingerprint density at radius 1 is 1.71 bits per heavy atom. The van der Waals surface area contributed by atoms with Gasteiger partial charge in [0.25, 0.3) is 0 Å². The second-order valence-electron chi connectivity index (χ2n) is 1.14. The van der Waals surface area contributed by atoms with Gasteiger partial charge in [0, 0.05) is 0 Å². The molecule has 0 aliphatic heterocycles. The Morgan fingerprint density at radius 2 is 2.29 bits per heavy atom. The molecule has 1 N–H and O–H groups in total. The molecule has 0 amide bonds. The van der Waals surface area contributed by atoms with Crippen molar-refractivity contribution in [3.8, 4) is 0 Å². The molecule has 7 heavy (non-hydrogen) atoms. The monoisotopic (exact) mass is 115 g/mol. The summed E-state index contributed by atoms with van der Waals surface area (Å²) in [5.41, 5.74) is 0. The Labute approximate surface area is 48.3 Å². The summed E-state index contributed by atoms with van der Waals surface area (Å²) in [4.78, 5) is 0. The van der Waals surface area contributed by atoms with Crippen LogP contribution in [0.3, 0.4) is 0 Å². The van der Waals surface area contributed by atoms with Crippen molar-refractivity contribution in [1.82, 2.24) is 0 Å². The summed E-state index contributed by atoms with van der Waals surface area (Å²) in [5.74, 6) is 0. The molecule has 0 aromatic carbocycles. The van der Waals surface area contributed by atoms with Gasteiger partial charge in [0.05, 0.1) is 5.04 Å². The van der Waals surface area contributed by atoms with E-state index in [-0.39, 0.29) is 0 Å². The predicted octanol–water partition coefficient (Wildman–Crippen LogP) is 2.25. The molecular formula is C5H9NS. The highest BCUT2D eigenvalue weighted by Gasteiger charge is 1.76. The van der Waals surface area contributed by atoms with Crippen LogP contribution in [0.2, 0.25) is 0 Å². The zero-order valence-electron chi connectivity index (χ0n) is 4.56. The van der Waals surface area contributed by atoms with Crippen molar-refractivity contribution < 1.29 is 0 Å². The summed E-state index contributed by atoms with van der Waals surface area (Å²) in [6, 6.07) is 0. The summed E-state index contributed by atoms with van der Waals surface area (Å²) >= 11 is 1.43. The summed E-state index contributed by atoms with van der Waals surface area (Å²) in [5, 5.41) is 9.44. The number of allylic oxidation sites excluding steroid dienone is 1. The maximum Gasteiger partial charge on any atom is 0.0652 e. The van der Waals surface area contributed by atoms with E-state index in [0.29, 0.717) is 5.04 Å². The lowest BCUT2D eigenvalue weighted by Gasteiger charge is -1.82. The first-order valence-electron chi connectivity index (χ1n) is 2.10. The minimum absolute atomic E-state index is 0.637. The van der Waals surface area contributed by atoms with Crippen molar-refractivity contribution >= 4 is 16.8 Å². The Kier molecular flexibility index (Phi) is 3.80. The van der Waals surface area contributed by atoms with E-state index in [1.54, 1.807) is 6.92 Å². The van der Waals surface area contributed by atoms with E-state index in [1.807, 2.05) is 18.4 Å². The SMILES string of the molecule is C/C=C\SC(C)=N. The molecule has 0 aliphatic rings. The normalized spacial score (nSPS) is 10.0. The van der Waals surface area contributed by atoms with E-state index in [1.165, 1.54) is 11.8 Å². The molecule has 2 heteroatoms. The fourth-order valence-corrected chi connectivity index (χ4v) is 0.510. The lowest BCUT2D eigenvalue weighted by molar-refractivity contribution is 1.54. The Hall–Kier alpha value is -0.240. The van der Waals surface area contributed by atoms with Crippen LogP contribution in [0.5, 0.6) is 0 Å². The molecule has 0 unspecified atom stereocenters. The van der Waals surface area contributed by atoms with Crippen molar-refractivity contribution in [3.63, 3.8) is 0 Å². The van der Waals surface area contributed by atoms with Gasteiger partial charge in [-0.25, -0.2) is 0 Å². The highest BCUT2D eigenvalue weighted by molar-refractivity contribution is 8.16. The van der Waals surface area contributed by atoms with Gasteiger partial charge in [-0.1, -0.05) is 17.8 Å². The molecule has 0 fully saturated rings. The van der Waals surface area contributed by atoms with Crippen LogP contribution in [0.4, 0.5) is 0 Å². The zero-order chi connectivity index (χ0) is 5.70. The van der Waals surface area contributed by atoms with Crippen LogP contribution in [-0.4, -0.2) is 5.04 Å². The van der Waals surface area contributed by atoms with Crippen molar-refractivity contribution in [3.05, 3.63) is 11.5 Å². The minimum Gasteiger partial charge on any atom is -0.298 e. The van der Waals surface area contributed by atoms with Gasteiger partial charge in [-0.05, 0) is 19.3 Å². The van der Waals surface area contributed by atoms with Gasteiger partial charge in [0.2, 0.25) is 0 Å². The van der Waals surface area contributed by atoms with Crippen LogP contribution in [0, 0.1) is 5.41 Å². The summed E-state index contributed by atoms with van der Waals surface area (Å²) in [6.45, 7) is 3.71. The fraction of sp³-hybridized carbons (Fsp3) is 0.400. The highest BCUT2D eigenvalue weighted by Crippen LogP contribution is 2.01. The number of thioether (sulfide) groups is 1. The van der Waals surface area contributed by atoms with Crippen LogP contribution < -0.4 is 0 Å². The molecule has 0 spiro atoms. The van der Waals surface area contributed by atoms with E-state index < -0.39 is 0 Å². The van der Waals surface area contributed by atoms with Crippen LogP contribution in [0.15, 0.2) is 11.5 Å². The Morgan fingerprint density at radius 3 is 2.43 bits per heavy atom. The van der Waals surface area contributed by atoms with Crippen LogP contribution in [0.1, 0.15) is 13.8 Å². The molecule has 0 atom stereocenters. The second-order valence-corrected chi connectivity index (χ2v) is 2.26. The third-order valence-electron chi connectivity index (χ3n) is 0.381. The van der Waals surface area contributed by atoms with Gasteiger partial charge in [0.15, 0.2) is 0 Å². The molecule has 0 heterocycles. The van der Waals surface area contributed by atoms with Crippen LogP contribution in [0.25, 0.3) is 0 Å². The van der Waals surface area contributed by atoms with E-state index >= 15 is 0 Å². The van der Waals surface area contributed by atoms with Gasteiger partial charge < -0.3 is 0 Å². The number of hydrogen-bond donors (Lipinski definition) is 1. The molecule has 0 aliphatic carbocycles. The summed E-state index contributed by atoms with van der Waals surface area (Å²) in [7, 11) is 0. The highest BCUT2D eigenvalue weighted by atomic mass is 32.2. The quantitative estimate of drug-likeness (QED) is 0.411. The standard InChI is InChI=1S/C5H9NS/c1-3-4-7-5(2)6/h3-4,6H,1-2H3/b4-3-,6-5?. The molecular weight excluding hydrogens is 106 g/mol. The lowest BCUT2D eigenvalue weighted by atomic mass is 10.8. The van der Waals surface area contributed by atoms with E-state index in [0.717, 1.165) is 0 Å². The van der Waals surface area contributed by atoms with Crippen LogP contribution >= 0.6 is 11.8 Å². The van der Waals surface area contributed by atoms with E-state index in [9.17, 15) is 0 Å². The van der Waals surface area contributed by atoms with Crippen molar-refractivity contribution in [1.29, 1.82) is 5.41 Å². The third-order valence-corrected chi connectivity index (χ3v) is 1.14. The molecule has 0 rings (SSSR count). The predicted molar refractivity (Wildman–Crippen MR) is 35.8 cm³/mol. The van der Waals surface area contributed by atoms with Gasteiger partial charge >= 0.3 is 0 Å². The van der Waals surface area contributed by atoms with Gasteiger partial charge in [-0.15, -0.1) is 0 Å². The van der Waals surface area contributed by atoms with E-state index in [2.05, 4.69) is 0 Å². The smallest absolute Gasteiger partial charge is 0.0652 e. The van der Waals surface area contributed by atoms with Crippen molar-refractivity contribution in [2.45, 2.75) is 13.8 Å². The molecule has 40 valence electrons. The largest absolute Gasteiger partial charge is 0.298 e. The van der Waals surface area contributed by atoms with Gasteiger partial charge in [-0.3, -0.25) is 5.41 Å². The lowest BCUT2D eigenvalue weighted by Crippen LogP contribution is -1.70. The average molecular weight is 115 g/mol. The summed E-state index contributed by atoms with van der Waals surface area (Å²) in [6.07, 6.45) is 1.92. The van der Waals surface area contributed by atoms with Crippen molar-refractivity contribution in [2.75, 3.05) is 0 Å². The maximum atomic E-state index is 6.91. The molecule has 0 aromatic rings. The van der Waals surface area contributed by atoms with E-state index in [4.69, 9.17) is 5.41 Å². The molecule has 0 bridgehead atoms. The molecule has 0 aromatic heterocycles. The molecule has 1 nitrogen and oxygen atoms in total. The number of hydrogen-bond acceptors (Lipinski definition) is 2. The average Bonchev–Trinajstić information content (AvgIpc) is 1.61. The first-order chi connectivity index (χ1) is 3.27. The Bertz CT molecular complexity index is 86.1. The van der Waals surface area contributed by atoms with Crippen LogP contribution in [-0.2, 0) is 0 Å². The number of nitrogens with one attached hydrogen (secondary N) is 1. The first-order valence-corrected chi connectivity index (χ1v) is 2.98. The van der Waals surface area contributed by atoms with Gasteiger partial charge in [-0.2, -0.15) is 0 Å². The Balaban J connectivity index is 3.14. The summed E-state index contributed by atoms with van der Waals surface area (Å²) < 4.78 is 0. The first kappa shape index (κ1) is 6.76. The third kappa shape index (κ3) is 5.76. The second kappa shape index (κ2) is 3.93. The topological polar surface area (TPSA) is 23.9 Å².